The second-order valence-electron chi connectivity index (χ2n) is 3.34. The predicted octanol–water partition coefficient (Wildman–Crippen LogP) is 3.00. The standard InChI is InChI=1S/C11H7BrClFN2O2/c1-18-10-9(15-4-16-11(10)17)5-2-3-6(12)7(13)8(5)14/h2-4H,1H3,(H,15,16,17). The first kappa shape index (κ1) is 13.0. The molecule has 7 heteroatoms. The monoisotopic (exact) mass is 332 g/mol. The first-order valence-corrected chi connectivity index (χ1v) is 5.99. The van der Waals surface area contributed by atoms with Gasteiger partial charge < -0.3 is 9.72 Å². The molecule has 0 aliphatic heterocycles. The van der Waals surface area contributed by atoms with Crippen molar-refractivity contribution in [1.82, 2.24) is 9.97 Å². The van der Waals surface area contributed by atoms with Crippen LogP contribution in [0.2, 0.25) is 5.02 Å². The maximum atomic E-state index is 14.0. The first-order chi connectivity index (χ1) is 8.56. The van der Waals surface area contributed by atoms with Crippen LogP contribution >= 0.6 is 27.5 Å². The number of hydrogen-bond acceptors (Lipinski definition) is 3. The van der Waals surface area contributed by atoms with Gasteiger partial charge in [-0.2, -0.15) is 0 Å². The molecule has 1 N–H and O–H groups in total. The Morgan fingerprint density at radius 3 is 2.89 bits per heavy atom. The van der Waals surface area contributed by atoms with Crippen molar-refractivity contribution in [3.05, 3.63) is 44.1 Å². The summed E-state index contributed by atoms with van der Waals surface area (Å²) in [5.41, 5.74) is -0.278. The zero-order valence-corrected chi connectivity index (χ0v) is 11.5. The molecule has 4 nitrogen and oxygen atoms in total. The van der Waals surface area contributed by atoms with Gasteiger partial charge in [0.15, 0.2) is 5.82 Å². The lowest BCUT2D eigenvalue weighted by molar-refractivity contribution is 0.407. The van der Waals surface area contributed by atoms with Crippen molar-refractivity contribution in [3.63, 3.8) is 0 Å². The van der Waals surface area contributed by atoms with Gasteiger partial charge in [0, 0.05) is 10.0 Å². The van der Waals surface area contributed by atoms with E-state index >= 15 is 0 Å². The Kier molecular flexibility index (Phi) is 3.68. The van der Waals surface area contributed by atoms with Gasteiger partial charge >= 0.3 is 0 Å². The van der Waals surface area contributed by atoms with E-state index in [0.717, 1.165) is 0 Å². The third kappa shape index (κ3) is 2.13. The van der Waals surface area contributed by atoms with Crippen LogP contribution < -0.4 is 10.3 Å². The van der Waals surface area contributed by atoms with Gasteiger partial charge in [-0.05, 0) is 28.1 Å². The minimum absolute atomic E-state index is 0.0604. The lowest BCUT2D eigenvalue weighted by Gasteiger charge is -2.08. The quantitative estimate of drug-likeness (QED) is 0.860. The van der Waals surface area contributed by atoms with Gasteiger partial charge in [0.25, 0.3) is 5.56 Å². The summed E-state index contributed by atoms with van der Waals surface area (Å²) < 4.78 is 19.4. The summed E-state index contributed by atoms with van der Waals surface area (Å²) in [5.74, 6) is -0.725. The van der Waals surface area contributed by atoms with Gasteiger partial charge in [-0.15, -0.1) is 0 Å². The Hall–Kier alpha value is -1.40. The van der Waals surface area contributed by atoms with Crippen LogP contribution in [-0.4, -0.2) is 17.1 Å². The highest BCUT2D eigenvalue weighted by Crippen LogP contribution is 2.34. The summed E-state index contributed by atoms with van der Waals surface area (Å²) >= 11 is 8.90. The van der Waals surface area contributed by atoms with Crippen molar-refractivity contribution in [1.29, 1.82) is 0 Å². The number of rotatable bonds is 2. The number of nitrogens with one attached hydrogen (secondary N) is 1. The molecule has 0 fully saturated rings. The molecular weight excluding hydrogens is 326 g/mol. The molecule has 94 valence electrons. The van der Waals surface area contributed by atoms with Crippen molar-refractivity contribution in [2.24, 2.45) is 0 Å². The van der Waals surface area contributed by atoms with E-state index in [4.69, 9.17) is 16.3 Å². The Labute approximate surface area is 115 Å². The van der Waals surface area contributed by atoms with Crippen LogP contribution in [0.15, 0.2) is 27.7 Å². The second kappa shape index (κ2) is 5.07. The molecule has 1 aromatic heterocycles. The predicted molar refractivity (Wildman–Crippen MR) is 69.5 cm³/mol. The number of halogens is 3. The molecule has 1 aromatic carbocycles. The zero-order valence-electron chi connectivity index (χ0n) is 9.13. The molecule has 0 atom stereocenters. The fourth-order valence-corrected chi connectivity index (χ4v) is 1.95. The molecule has 1 heterocycles. The maximum absolute atomic E-state index is 14.0. The molecule has 0 bridgehead atoms. The number of methoxy groups -OCH3 is 1. The van der Waals surface area contributed by atoms with Crippen LogP contribution in [0.3, 0.4) is 0 Å². The third-order valence-corrected chi connectivity index (χ3v) is 3.56. The summed E-state index contributed by atoms with van der Waals surface area (Å²) in [6.45, 7) is 0. The highest BCUT2D eigenvalue weighted by molar-refractivity contribution is 9.10. The van der Waals surface area contributed by atoms with Crippen molar-refractivity contribution < 1.29 is 9.13 Å². The van der Waals surface area contributed by atoms with E-state index in [2.05, 4.69) is 25.9 Å². The fourth-order valence-electron chi connectivity index (χ4n) is 1.48. The van der Waals surface area contributed by atoms with Gasteiger partial charge in [-0.1, -0.05) is 11.6 Å². The number of nitrogens with zero attached hydrogens (tertiary/aromatic N) is 1. The first-order valence-electron chi connectivity index (χ1n) is 4.81. The smallest absolute Gasteiger partial charge is 0.293 e. The largest absolute Gasteiger partial charge is 0.490 e. The number of aromatic nitrogens is 2. The molecule has 0 aliphatic rings. The van der Waals surface area contributed by atoms with Crippen LogP contribution in [0.1, 0.15) is 0 Å². The average Bonchev–Trinajstić information content (AvgIpc) is 2.36. The van der Waals surface area contributed by atoms with E-state index in [1.54, 1.807) is 6.07 Å². The van der Waals surface area contributed by atoms with Gasteiger partial charge in [0.1, 0.15) is 5.69 Å². The minimum Gasteiger partial charge on any atom is -0.490 e. The zero-order chi connectivity index (χ0) is 13.3. The fraction of sp³-hybridized carbons (Fsp3) is 0.0909. The van der Waals surface area contributed by atoms with E-state index in [9.17, 15) is 9.18 Å². The second-order valence-corrected chi connectivity index (χ2v) is 4.57. The Morgan fingerprint density at radius 2 is 2.22 bits per heavy atom. The van der Waals surface area contributed by atoms with Crippen LogP contribution in [0, 0.1) is 5.82 Å². The number of hydrogen-bond donors (Lipinski definition) is 1. The third-order valence-electron chi connectivity index (χ3n) is 2.31. The highest BCUT2D eigenvalue weighted by Gasteiger charge is 2.18. The Bertz CT molecular complexity index is 660. The topological polar surface area (TPSA) is 55.0 Å². The van der Waals surface area contributed by atoms with Gasteiger partial charge in [-0.3, -0.25) is 4.79 Å². The molecule has 0 saturated carbocycles. The molecule has 18 heavy (non-hydrogen) atoms. The summed E-state index contributed by atoms with van der Waals surface area (Å²) in [4.78, 5) is 17.8. The summed E-state index contributed by atoms with van der Waals surface area (Å²) in [6, 6.07) is 3.04. The average molecular weight is 334 g/mol. The van der Waals surface area contributed by atoms with E-state index in [-0.39, 0.29) is 22.0 Å². The molecule has 0 aliphatic carbocycles. The SMILES string of the molecule is COc1c(-c2ccc(Br)c(Cl)c2F)nc[nH]c1=O. The van der Waals surface area contributed by atoms with Crippen molar-refractivity contribution in [2.75, 3.05) is 7.11 Å². The Balaban J connectivity index is 2.74. The normalized spacial score (nSPS) is 10.4. The molecule has 0 spiro atoms. The van der Waals surface area contributed by atoms with Gasteiger partial charge in [-0.25, -0.2) is 9.37 Å². The number of H-pyrrole nitrogens is 1. The lowest BCUT2D eigenvalue weighted by Crippen LogP contribution is -2.11. The minimum atomic E-state index is -0.664. The van der Waals surface area contributed by atoms with Crippen LogP contribution in [0.5, 0.6) is 5.75 Å². The van der Waals surface area contributed by atoms with Crippen molar-refractivity contribution in [2.45, 2.75) is 0 Å². The molecule has 0 saturated heterocycles. The lowest BCUT2D eigenvalue weighted by atomic mass is 10.1. The summed E-state index contributed by atoms with van der Waals surface area (Å²) in [5, 5.41) is -0.0726. The summed E-state index contributed by atoms with van der Waals surface area (Å²) in [6.07, 6.45) is 1.18. The molecule has 0 unspecified atom stereocenters. The molecule has 0 radical (unpaired) electrons. The van der Waals surface area contributed by atoms with Gasteiger partial charge in [0.2, 0.25) is 5.75 Å². The Morgan fingerprint density at radius 1 is 1.50 bits per heavy atom. The van der Waals surface area contributed by atoms with Crippen LogP contribution in [-0.2, 0) is 0 Å². The van der Waals surface area contributed by atoms with Crippen LogP contribution in [0.25, 0.3) is 11.3 Å². The molecule has 0 amide bonds. The van der Waals surface area contributed by atoms with E-state index < -0.39 is 11.4 Å². The number of ether oxygens (including phenoxy) is 1. The molecular formula is C11H7BrClFN2O2. The maximum Gasteiger partial charge on any atom is 0.293 e. The molecule has 2 rings (SSSR count). The van der Waals surface area contributed by atoms with E-state index in [1.807, 2.05) is 0 Å². The van der Waals surface area contributed by atoms with Crippen molar-refractivity contribution in [3.8, 4) is 17.0 Å². The summed E-state index contributed by atoms with van der Waals surface area (Å²) in [7, 11) is 1.31. The van der Waals surface area contributed by atoms with Crippen molar-refractivity contribution >= 4 is 27.5 Å². The van der Waals surface area contributed by atoms with E-state index in [1.165, 1.54) is 19.5 Å². The van der Waals surface area contributed by atoms with E-state index in [0.29, 0.717) is 4.47 Å². The van der Waals surface area contributed by atoms with Gasteiger partial charge in [0.05, 0.1) is 18.5 Å². The number of benzene rings is 1. The number of aromatic amines is 1. The van der Waals surface area contributed by atoms with Crippen LogP contribution in [0.4, 0.5) is 4.39 Å². The highest BCUT2D eigenvalue weighted by atomic mass is 79.9. The molecule has 2 aromatic rings.